The highest BCUT2D eigenvalue weighted by atomic mass is 19.1. The number of hydrogen-bond acceptors (Lipinski definition) is 4. The summed E-state index contributed by atoms with van der Waals surface area (Å²) >= 11 is 0. The molecule has 5 nitrogen and oxygen atoms in total. The van der Waals surface area contributed by atoms with Crippen LogP contribution in [-0.4, -0.2) is 29.3 Å². The molecule has 1 aliphatic rings. The second-order valence-corrected chi connectivity index (χ2v) is 5.76. The van der Waals surface area contributed by atoms with Gasteiger partial charge in [0, 0.05) is 25.1 Å². The van der Waals surface area contributed by atoms with Crippen molar-refractivity contribution < 1.29 is 13.9 Å². The smallest absolute Gasteiger partial charge is 0.163 e. The van der Waals surface area contributed by atoms with E-state index in [0.29, 0.717) is 32.7 Å². The number of halogens is 1. The minimum Gasteiger partial charge on any atom is -0.486 e. The molecule has 0 fully saturated rings. The van der Waals surface area contributed by atoms with Gasteiger partial charge in [-0.1, -0.05) is 12.1 Å². The normalized spacial score (nSPS) is 13.4. The van der Waals surface area contributed by atoms with Gasteiger partial charge in [0.25, 0.3) is 0 Å². The van der Waals surface area contributed by atoms with E-state index in [4.69, 9.17) is 20.2 Å². The van der Waals surface area contributed by atoms with E-state index in [1.807, 2.05) is 12.1 Å². The molecule has 0 unspecified atom stereocenters. The Hall–Kier alpha value is -2.60. The third-order valence-corrected chi connectivity index (χ3v) is 4.11. The van der Waals surface area contributed by atoms with E-state index < -0.39 is 0 Å². The number of ether oxygens (including phenoxy) is 2. The first-order valence-electron chi connectivity index (χ1n) is 7.98. The van der Waals surface area contributed by atoms with Crippen molar-refractivity contribution in [3.05, 3.63) is 53.6 Å². The third-order valence-electron chi connectivity index (χ3n) is 4.11. The van der Waals surface area contributed by atoms with Crippen LogP contribution in [0.5, 0.6) is 11.5 Å². The Kier molecular flexibility index (Phi) is 3.82. The average Bonchev–Trinajstić information content (AvgIpc) is 2.92. The van der Waals surface area contributed by atoms with E-state index in [1.165, 1.54) is 12.1 Å². The van der Waals surface area contributed by atoms with Gasteiger partial charge in [0.15, 0.2) is 11.5 Å². The number of fused-ring (bicyclic) bond motifs is 2. The van der Waals surface area contributed by atoms with Gasteiger partial charge in [0.2, 0.25) is 0 Å². The Labute approximate surface area is 138 Å². The number of imidazole rings is 1. The second-order valence-electron chi connectivity index (χ2n) is 5.76. The molecule has 0 atom stereocenters. The number of benzene rings is 2. The molecule has 6 heteroatoms. The van der Waals surface area contributed by atoms with Gasteiger partial charge in [0.1, 0.15) is 24.9 Å². The highest BCUT2D eigenvalue weighted by molar-refractivity contribution is 5.81. The fourth-order valence-electron chi connectivity index (χ4n) is 2.98. The minimum atomic E-state index is -0.240. The SMILES string of the molecule is NCCc1nc2cc3c(cc2n1Cc1ccc(F)cc1)OCCO3. The molecule has 2 N–H and O–H groups in total. The highest BCUT2D eigenvalue weighted by Crippen LogP contribution is 2.35. The average molecular weight is 327 g/mol. The van der Waals surface area contributed by atoms with E-state index >= 15 is 0 Å². The van der Waals surface area contributed by atoms with Crippen LogP contribution in [0.15, 0.2) is 36.4 Å². The third kappa shape index (κ3) is 2.69. The molecule has 0 spiro atoms. The Bertz CT molecular complexity index is 874. The van der Waals surface area contributed by atoms with E-state index in [2.05, 4.69) is 4.57 Å². The first-order valence-corrected chi connectivity index (χ1v) is 7.98. The Morgan fingerprint density at radius 2 is 1.79 bits per heavy atom. The molecule has 1 aliphatic heterocycles. The van der Waals surface area contributed by atoms with Gasteiger partial charge >= 0.3 is 0 Å². The Morgan fingerprint density at radius 1 is 1.08 bits per heavy atom. The summed E-state index contributed by atoms with van der Waals surface area (Å²) in [6.45, 7) is 2.20. The van der Waals surface area contributed by atoms with Crippen LogP contribution < -0.4 is 15.2 Å². The molecular weight excluding hydrogens is 309 g/mol. The molecule has 1 aromatic heterocycles. The summed E-state index contributed by atoms with van der Waals surface area (Å²) < 4.78 is 26.6. The Balaban J connectivity index is 1.81. The van der Waals surface area contributed by atoms with Crippen molar-refractivity contribution in [2.75, 3.05) is 19.8 Å². The Morgan fingerprint density at radius 3 is 2.50 bits per heavy atom. The van der Waals surface area contributed by atoms with Crippen molar-refractivity contribution in [1.82, 2.24) is 9.55 Å². The summed E-state index contributed by atoms with van der Waals surface area (Å²) in [6, 6.07) is 10.4. The van der Waals surface area contributed by atoms with Gasteiger partial charge in [-0.05, 0) is 24.2 Å². The largest absolute Gasteiger partial charge is 0.486 e. The molecule has 0 aliphatic carbocycles. The number of nitrogens with two attached hydrogens (primary N) is 1. The first kappa shape index (κ1) is 15.0. The minimum absolute atomic E-state index is 0.240. The molecule has 2 aromatic carbocycles. The van der Waals surface area contributed by atoms with Crippen LogP contribution in [0.1, 0.15) is 11.4 Å². The van der Waals surface area contributed by atoms with Crippen LogP contribution in [-0.2, 0) is 13.0 Å². The number of hydrogen-bond donors (Lipinski definition) is 1. The predicted molar refractivity (Wildman–Crippen MR) is 89.0 cm³/mol. The summed E-state index contributed by atoms with van der Waals surface area (Å²) in [5.41, 5.74) is 8.55. The summed E-state index contributed by atoms with van der Waals surface area (Å²) in [4.78, 5) is 4.70. The zero-order valence-corrected chi connectivity index (χ0v) is 13.2. The zero-order chi connectivity index (χ0) is 16.5. The van der Waals surface area contributed by atoms with Gasteiger partial charge in [-0.15, -0.1) is 0 Å². The molecule has 0 saturated carbocycles. The lowest BCUT2D eigenvalue weighted by molar-refractivity contribution is 0.172. The van der Waals surface area contributed by atoms with E-state index in [-0.39, 0.29) is 5.82 Å². The number of rotatable bonds is 4. The molecule has 24 heavy (non-hydrogen) atoms. The van der Waals surface area contributed by atoms with Crippen molar-refractivity contribution in [2.45, 2.75) is 13.0 Å². The highest BCUT2D eigenvalue weighted by Gasteiger charge is 2.18. The lowest BCUT2D eigenvalue weighted by Crippen LogP contribution is -2.15. The van der Waals surface area contributed by atoms with Crippen LogP contribution in [0.2, 0.25) is 0 Å². The van der Waals surface area contributed by atoms with Gasteiger partial charge in [-0.3, -0.25) is 0 Å². The van der Waals surface area contributed by atoms with Gasteiger partial charge < -0.3 is 19.8 Å². The number of nitrogens with zero attached hydrogens (tertiary/aromatic N) is 2. The summed E-state index contributed by atoms with van der Waals surface area (Å²) in [7, 11) is 0. The molecule has 0 saturated heterocycles. The maximum Gasteiger partial charge on any atom is 0.163 e. The van der Waals surface area contributed by atoms with Gasteiger partial charge in [0.05, 0.1) is 11.0 Å². The van der Waals surface area contributed by atoms with E-state index in [0.717, 1.165) is 33.9 Å². The maximum absolute atomic E-state index is 13.1. The fraction of sp³-hybridized carbons (Fsp3) is 0.278. The molecular formula is C18H18FN3O2. The van der Waals surface area contributed by atoms with E-state index in [1.54, 1.807) is 12.1 Å². The summed E-state index contributed by atoms with van der Waals surface area (Å²) in [6.07, 6.45) is 0.669. The van der Waals surface area contributed by atoms with Crippen molar-refractivity contribution in [1.29, 1.82) is 0 Å². The molecule has 2 heterocycles. The maximum atomic E-state index is 13.1. The van der Waals surface area contributed by atoms with Crippen molar-refractivity contribution in [2.24, 2.45) is 5.73 Å². The first-order chi connectivity index (χ1) is 11.7. The fourth-order valence-corrected chi connectivity index (χ4v) is 2.98. The standard InChI is InChI=1S/C18H18FN3O2/c19-13-3-1-12(2-4-13)11-22-15-10-17-16(23-7-8-24-17)9-14(15)21-18(22)5-6-20/h1-4,9-10H,5-8,11,20H2. The quantitative estimate of drug-likeness (QED) is 0.800. The van der Waals surface area contributed by atoms with Gasteiger partial charge in [-0.2, -0.15) is 0 Å². The van der Waals surface area contributed by atoms with Crippen LogP contribution in [0, 0.1) is 5.82 Å². The summed E-state index contributed by atoms with van der Waals surface area (Å²) in [5, 5.41) is 0. The predicted octanol–water partition coefficient (Wildman–Crippen LogP) is 2.50. The van der Waals surface area contributed by atoms with Crippen LogP contribution in [0.25, 0.3) is 11.0 Å². The summed E-state index contributed by atoms with van der Waals surface area (Å²) in [5.74, 6) is 2.11. The van der Waals surface area contributed by atoms with Crippen molar-refractivity contribution in [3.8, 4) is 11.5 Å². The zero-order valence-electron chi connectivity index (χ0n) is 13.2. The lowest BCUT2D eigenvalue weighted by atomic mass is 10.2. The molecule has 124 valence electrons. The molecule has 0 amide bonds. The van der Waals surface area contributed by atoms with E-state index in [9.17, 15) is 4.39 Å². The van der Waals surface area contributed by atoms with Crippen LogP contribution >= 0.6 is 0 Å². The topological polar surface area (TPSA) is 62.3 Å². The lowest BCUT2D eigenvalue weighted by Gasteiger charge is -2.18. The monoisotopic (exact) mass is 327 g/mol. The van der Waals surface area contributed by atoms with Crippen molar-refractivity contribution >= 4 is 11.0 Å². The molecule has 0 bridgehead atoms. The number of aromatic nitrogens is 2. The molecule has 0 radical (unpaired) electrons. The molecule has 3 aromatic rings. The van der Waals surface area contributed by atoms with Crippen molar-refractivity contribution in [3.63, 3.8) is 0 Å². The van der Waals surface area contributed by atoms with Crippen LogP contribution in [0.3, 0.4) is 0 Å². The molecule has 4 rings (SSSR count). The second kappa shape index (κ2) is 6.13. The van der Waals surface area contributed by atoms with Crippen LogP contribution in [0.4, 0.5) is 4.39 Å². The van der Waals surface area contributed by atoms with Gasteiger partial charge in [-0.25, -0.2) is 9.37 Å².